The van der Waals surface area contributed by atoms with Crippen molar-refractivity contribution < 1.29 is 23.5 Å². The van der Waals surface area contributed by atoms with Gasteiger partial charge in [0.25, 0.3) is 5.91 Å². The number of rotatable bonds is 6. The summed E-state index contributed by atoms with van der Waals surface area (Å²) >= 11 is 1.26. The number of hydrogen-bond donors (Lipinski definition) is 1. The summed E-state index contributed by atoms with van der Waals surface area (Å²) in [5.74, 6) is -0.0368. The fourth-order valence-electron chi connectivity index (χ4n) is 2.41. The number of nitrogens with one attached hydrogen (secondary N) is 1. The summed E-state index contributed by atoms with van der Waals surface area (Å²) in [7, 11) is 1.59. The molecule has 26 heavy (non-hydrogen) atoms. The van der Waals surface area contributed by atoms with Crippen molar-refractivity contribution in [1.29, 1.82) is 0 Å². The van der Waals surface area contributed by atoms with Crippen molar-refractivity contribution in [2.45, 2.75) is 6.92 Å². The molecular formula is C19H17NO5S. The van der Waals surface area contributed by atoms with E-state index in [1.54, 1.807) is 26.2 Å². The van der Waals surface area contributed by atoms with Crippen molar-refractivity contribution in [3.63, 3.8) is 0 Å². The van der Waals surface area contributed by atoms with E-state index < -0.39 is 11.9 Å². The predicted molar refractivity (Wildman–Crippen MR) is 98.9 cm³/mol. The van der Waals surface area contributed by atoms with Gasteiger partial charge in [0.2, 0.25) is 0 Å². The Labute approximate surface area is 154 Å². The zero-order valence-electron chi connectivity index (χ0n) is 14.3. The molecule has 2 heterocycles. The average molecular weight is 371 g/mol. The van der Waals surface area contributed by atoms with Crippen molar-refractivity contribution in [2.24, 2.45) is 0 Å². The molecule has 3 aromatic rings. The van der Waals surface area contributed by atoms with E-state index >= 15 is 0 Å². The Morgan fingerprint density at radius 3 is 2.58 bits per heavy atom. The number of ether oxygens (including phenoxy) is 2. The summed E-state index contributed by atoms with van der Waals surface area (Å²) in [4.78, 5) is 24.8. The number of benzene rings is 1. The lowest BCUT2D eigenvalue weighted by Crippen LogP contribution is -2.14. The van der Waals surface area contributed by atoms with Crippen LogP contribution in [0.3, 0.4) is 0 Å². The number of esters is 1. The molecule has 7 heteroatoms. The van der Waals surface area contributed by atoms with E-state index in [1.165, 1.54) is 17.6 Å². The van der Waals surface area contributed by atoms with Gasteiger partial charge >= 0.3 is 5.97 Å². The molecule has 3 rings (SSSR count). The number of thiophene rings is 1. The standard InChI is InChI=1S/C19H17NO5S/c1-3-24-19(22)16-14(12-6-8-13(23-2)9-7-12)11-26-18(16)20-17(21)15-5-4-10-25-15/h4-11H,3H2,1-2H3,(H,20,21). The summed E-state index contributed by atoms with van der Waals surface area (Å²) in [6, 6.07) is 10.5. The zero-order valence-corrected chi connectivity index (χ0v) is 15.1. The molecule has 0 bridgehead atoms. The van der Waals surface area contributed by atoms with E-state index in [1.807, 2.05) is 29.6 Å². The second kappa shape index (κ2) is 7.88. The highest BCUT2D eigenvalue weighted by molar-refractivity contribution is 7.15. The molecule has 0 aliphatic rings. The zero-order chi connectivity index (χ0) is 18.5. The summed E-state index contributed by atoms with van der Waals surface area (Å²) in [5.41, 5.74) is 1.83. The lowest BCUT2D eigenvalue weighted by Gasteiger charge is -2.08. The third-order valence-corrected chi connectivity index (χ3v) is 4.54. The molecule has 0 radical (unpaired) electrons. The van der Waals surface area contributed by atoms with Crippen molar-refractivity contribution in [3.8, 4) is 16.9 Å². The molecule has 1 N–H and O–H groups in total. The van der Waals surface area contributed by atoms with Crippen LogP contribution in [0, 0.1) is 0 Å². The van der Waals surface area contributed by atoms with Gasteiger partial charge in [0.15, 0.2) is 5.76 Å². The Balaban J connectivity index is 1.97. The molecule has 0 atom stereocenters. The van der Waals surface area contributed by atoms with Crippen LogP contribution in [0.4, 0.5) is 5.00 Å². The van der Waals surface area contributed by atoms with Gasteiger partial charge in [-0.3, -0.25) is 4.79 Å². The Morgan fingerprint density at radius 1 is 1.19 bits per heavy atom. The maximum atomic E-state index is 12.5. The van der Waals surface area contributed by atoms with E-state index in [4.69, 9.17) is 13.9 Å². The number of methoxy groups -OCH3 is 1. The largest absolute Gasteiger partial charge is 0.497 e. The van der Waals surface area contributed by atoms with Crippen LogP contribution >= 0.6 is 11.3 Å². The average Bonchev–Trinajstić information content (AvgIpc) is 3.32. The normalized spacial score (nSPS) is 10.4. The third-order valence-electron chi connectivity index (χ3n) is 3.64. The molecule has 6 nitrogen and oxygen atoms in total. The molecule has 0 saturated carbocycles. The lowest BCUT2D eigenvalue weighted by molar-refractivity contribution is 0.0529. The van der Waals surface area contributed by atoms with Gasteiger partial charge in [-0.1, -0.05) is 12.1 Å². The van der Waals surface area contributed by atoms with Gasteiger partial charge in [-0.15, -0.1) is 11.3 Å². The van der Waals surface area contributed by atoms with Crippen LogP contribution in [-0.4, -0.2) is 25.6 Å². The van der Waals surface area contributed by atoms with Crippen molar-refractivity contribution in [1.82, 2.24) is 0 Å². The van der Waals surface area contributed by atoms with Crippen LogP contribution in [0.15, 0.2) is 52.5 Å². The topological polar surface area (TPSA) is 77.8 Å². The molecule has 1 aromatic carbocycles. The fourth-order valence-corrected chi connectivity index (χ4v) is 3.36. The SMILES string of the molecule is CCOC(=O)c1c(-c2ccc(OC)cc2)csc1NC(=O)c1ccco1. The van der Waals surface area contributed by atoms with Crippen molar-refractivity contribution in [2.75, 3.05) is 19.0 Å². The molecule has 134 valence electrons. The first-order valence-corrected chi connectivity index (χ1v) is 8.80. The molecule has 1 amide bonds. The van der Waals surface area contributed by atoms with Gasteiger partial charge in [-0.25, -0.2) is 4.79 Å². The maximum absolute atomic E-state index is 12.5. The summed E-state index contributed by atoms with van der Waals surface area (Å²) in [5, 5.41) is 4.95. The Hall–Kier alpha value is -3.06. The minimum atomic E-state index is -0.491. The molecule has 0 fully saturated rings. The van der Waals surface area contributed by atoms with Crippen LogP contribution in [0.5, 0.6) is 5.75 Å². The van der Waals surface area contributed by atoms with E-state index in [2.05, 4.69) is 5.32 Å². The minimum absolute atomic E-state index is 0.166. The van der Waals surface area contributed by atoms with Crippen LogP contribution in [-0.2, 0) is 4.74 Å². The number of anilines is 1. The first-order chi connectivity index (χ1) is 12.6. The molecule has 0 unspecified atom stereocenters. The second-order valence-corrected chi connectivity index (χ2v) is 6.11. The van der Waals surface area contributed by atoms with Crippen LogP contribution in [0.25, 0.3) is 11.1 Å². The van der Waals surface area contributed by atoms with E-state index in [-0.39, 0.29) is 12.4 Å². The minimum Gasteiger partial charge on any atom is -0.497 e. The first kappa shape index (κ1) is 17.8. The first-order valence-electron chi connectivity index (χ1n) is 7.92. The number of furan rings is 1. The smallest absolute Gasteiger partial charge is 0.341 e. The quantitative estimate of drug-likeness (QED) is 0.648. The number of hydrogen-bond acceptors (Lipinski definition) is 6. The van der Waals surface area contributed by atoms with E-state index in [0.717, 1.165) is 5.56 Å². The van der Waals surface area contributed by atoms with Crippen LogP contribution < -0.4 is 10.1 Å². The number of amides is 1. The van der Waals surface area contributed by atoms with Crippen LogP contribution in [0.2, 0.25) is 0 Å². The van der Waals surface area contributed by atoms with E-state index in [9.17, 15) is 9.59 Å². The summed E-state index contributed by atoms with van der Waals surface area (Å²) in [6.07, 6.45) is 1.42. The van der Waals surface area contributed by atoms with Gasteiger partial charge in [0, 0.05) is 10.9 Å². The lowest BCUT2D eigenvalue weighted by atomic mass is 10.0. The van der Waals surface area contributed by atoms with Gasteiger partial charge in [0.05, 0.1) is 20.0 Å². The fraction of sp³-hybridized carbons (Fsp3) is 0.158. The van der Waals surface area contributed by atoms with Gasteiger partial charge in [-0.2, -0.15) is 0 Å². The molecule has 0 saturated heterocycles. The highest BCUT2D eigenvalue weighted by Gasteiger charge is 2.23. The number of carbonyl (C=O) groups excluding carboxylic acids is 2. The summed E-state index contributed by atoms with van der Waals surface area (Å²) < 4.78 is 15.4. The Kier molecular flexibility index (Phi) is 5.38. The highest BCUT2D eigenvalue weighted by atomic mass is 32.1. The van der Waals surface area contributed by atoms with Gasteiger partial charge < -0.3 is 19.2 Å². The maximum Gasteiger partial charge on any atom is 0.341 e. The molecule has 0 spiro atoms. The van der Waals surface area contributed by atoms with Crippen molar-refractivity contribution >= 4 is 28.2 Å². The van der Waals surface area contributed by atoms with Gasteiger partial charge in [-0.05, 0) is 36.8 Å². The molecule has 0 aliphatic heterocycles. The highest BCUT2D eigenvalue weighted by Crippen LogP contribution is 2.37. The number of carbonyl (C=O) groups is 2. The molecule has 0 aliphatic carbocycles. The van der Waals surface area contributed by atoms with Gasteiger partial charge in [0.1, 0.15) is 16.3 Å². The second-order valence-electron chi connectivity index (χ2n) is 5.23. The predicted octanol–water partition coefficient (Wildman–Crippen LogP) is 4.45. The Bertz CT molecular complexity index is 897. The monoisotopic (exact) mass is 371 g/mol. The van der Waals surface area contributed by atoms with Crippen LogP contribution in [0.1, 0.15) is 27.8 Å². The van der Waals surface area contributed by atoms with Crippen molar-refractivity contribution in [3.05, 3.63) is 59.4 Å². The van der Waals surface area contributed by atoms with E-state index in [0.29, 0.717) is 21.9 Å². The molecule has 2 aromatic heterocycles. The third kappa shape index (κ3) is 3.62. The Morgan fingerprint density at radius 2 is 1.96 bits per heavy atom. The summed E-state index contributed by atoms with van der Waals surface area (Å²) in [6.45, 7) is 1.97. The molecular weight excluding hydrogens is 354 g/mol.